The number of likely N-dealkylation sites (tertiary alicyclic amines) is 2. The largest absolute Gasteiger partial charge is 0.353 e. The number of ether oxygens (including phenoxy) is 1. The summed E-state index contributed by atoms with van der Waals surface area (Å²) in [6.07, 6.45) is 5.90. The molecule has 0 radical (unpaired) electrons. The second-order valence-corrected chi connectivity index (χ2v) is 9.44. The summed E-state index contributed by atoms with van der Waals surface area (Å²) in [5.41, 5.74) is -0.578. The Labute approximate surface area is 187 Å². The standard InChI is InChI=1S/C24H30FN3O4/c25-19-8-6-18(7-9-19)22(30)28-20(23(31)26-12-1-2-13-26)16-32-24(28)10-14-27(15-11-24)21(29)17-4-3-5-17/h6-9,17,20H,1-5,10-16H2. The second-order valence-electron chi connectivity index (χ2n) is 9.44. The van der Waals surface area contributed by atoms with Gasteiger partial charge < -0.3 is 14.5 Å². The van der Waals surface area contributed by atoms with Gasteiger partial charge in [0.2, 0.25) is 11.8 Å². The minimum atomic E-state index is -0.915. The Balaban J connectivity index is 1.39. The lowest BCUT2D eigenvalue weighted by atomic mass is 9.83. The van der Waals surface area contributed by atoms with E-state index in [9.17, 15) is 18.8 Å². The average molecular weight is 444 g/mol. The molecule has 1 aromatic rings. The van der Waals surface area contributed by atoms with Gasteiger partial charge in [0.05, 0.1) is 6.61 Å². The number of hydrogen-bond donors (Lipinski definition) is 0. The summed E-state index contributed by atoms with van der Waals surface area (Å²) in [5, 5.41) is 0. The van der Waals surface area contributed by atoms with Crippen LogP contribution in [-0.2, 0) is 14.3 Å². The Morgan fingerprint density at radius 3 is 2.09 bits per heavy atom. The molecule has 3 amide bonds. The minimum absolute atomic E-state index is 0.0807. The first kappa shape index (κ1) is 21.4. The van der Waals surface area contributed by atoms with Crippen molar-refractivity contribution in [2.45, 2.75) is 56.7 Å². The molecule has 1 saturated carbocycles. The van der Waals surface area contributed by atoms with E-state index in [2.05, 4.69) is 0 Å². The normalized spacial score (nSPS) is 25.3. The zero-order chi connectivity index (χ0) is 22.3. The average Bonchev–Trinajstić information content (AvgIpc) is 3.41. The van der Waals surface area contributed by atoms with Gasteiger partial charge in [-0.15, -0.1) is 0 Å². The lowest BCUT2D eigenvalue weighted by molar-refractivity contribution is -0.150. The fourth-order valence-electron chi connectivity index (χ4n) is 5.43. The third kappa shape index (κ3) is 3.68. The lowest BCUT2D eigenvalue weighted by Crippen LogP contribution is -2.60. The van der Waals surface area contributed by atoms with Crippen molar-refractivity contribution in [3.63, 3.8) is 0 Å². The molecule has 1 aliphatic carbocycles. The molecule has 32 heavy (non-hydrogen) atoms. The van der Waals surface area contributed by atoms with Crippen LogP contribution in [0.2, 0.25) is 0 Å². The summed E-state index contributed by atoms with van der Waals surface area (Å²) < 4.78 is 19.7. The highest BCUT2D eigenvalue weighted by atomic mass is 19.1. The monoisotopic (exact) mass is 443 g/mol. The van der Waals surface area contributed by atoms with Crippen LogP contribution in [-0.4, -0.2) is 77.0 Å². The second kappa shape index (κ2) is 8.46. The predicted molar refractivity (Wildman–Crippen MR) is 114 cm³/mol. The summed E-state index contributed by atoms with van der Waals surface area (Å²) in [7, 11) is 0. The first-order valence-corrected chi connectivity index (χ1v) is 11.8. The summed E-state index contributed by atoms with van der Waals surface area (Å²) in [6.45, 7) is 2.56. The molecule has 5 rings (SSSR count). The number of benzene rings is 1. The highest BCUT2D eigenvalue weighted by Gasteiger charge is 2.55. The predicted octanol–water partition coefficient (Wildman–Crippen LogP) is 2.41. The number of nitrogens with zero attached hydrogens (tertiary/aromatic N) is 3. The molecule has 1 unspecified atom stereocenters. The maximum absolute atomic E-state index is 13.6. The maximum atomic E-state index is 13.6. The van der Waals surface area contributed by atoms with E-state index in [1.165, 1.54) is 24.3 Å². The summed E-state index contributed by atoms with van der Waals surface area (Å²) >= 11 is 0. The first-order chi connectivity index (χ1) is 15.5. The number of halogens is 1. The molecule has 1 aromatic carbocycles. The van der Waals surface area contributed by atoms with Gasteiger partial charge in [-0.3, -0.25) is 19.3 Å². The van der Waals surface area contributed by atoms with Gasteiger partial charge in [0, 0.05) is 50.5 Å². The molecule has 0 aromatic heterocycles. The molecule has 1 atom stereocenters. The van der Waals surface area contributed by atoms with Crippen LogP contribution < -0.4 is 0 Å². The lowest BCUT2D eigenvalue weighted by Gasteiger charge is -2.45. The zero-order valence-electron chi connectivity index (χ0n) is 18.3. The highest BCUT2D eigenvalue weighted by molar-refractivity contribution is 5.98. The summed E-state index contributed by atoms with van der Waals surface area (Å²) in [4.78, 5) is 44.9. The molecule has 172 valence electrons. The Bertz CT molecular complexity index is 887. The zero-order valence-corrected chi connectivity index (χ0v) is 18.3. The van der Waals surface area contributed by atoms with E-state index in [1.54, 1.807) is 4.90 Å². The maximum Gasteiger partial charge on any atom is 0.256 e. The van der Waals surface area contributed by atoms with Gasteiger partial charge in [-0.1, -0.05) is 6.42 Å². The molecule has 1 spiro atoms. The number of carbonyl (C=O) groups is 3. The van der Waals surface area contributed by atoms with Crippen LogP contribution in [0.1, 0.15) is 55.3 Å². The third-order valence-electron chi connectivity index (χ3n) is 7.58. The molecule has 7 nitrogen and oxygen atoms in total. The minimum Gasteiger partial charge on any atom is -0.353 e. The van der Waals surface area contributed by atoms with Gasteiger partial charge in [0.25, 0.3) is 5.91 Å². The Morgan fingerprint density at radius 2 is 1.50 bits per heavy atom. The van der Waals surface area contributed by atoms with Crippen molar-refractivity contribution >= 4 is 17.7 Å². The first-order valence-electron chi connectivity index (χ1n) is 11.8. The highest BCUT2D eigenvalue weighted by Crippen LogP contribution is 2.40. The summed E-state index contributed by atoms with van der Waals surface area (Å²) in [5.74, 6) is -0.483. The van der Waals surface area contributed by atoms with Crippen LogP contribution in [0, 0.1) is 11.7 Å². The molecular weight excluding hydrogens is 413 g/mol. The van der Waals surface area contributed by atoms with E-state index < -0.39 is 17.6 Å². The van der Waals surface area contributed by atoms with Crippen molar-refractivity contribution < 1.29 is 23.5 Å². The fourth-order valence-corrected chi connectivity index (χ4v) is 5.43. The van der Waals surface area contributed by atoms with Gasteiger partial charge >= 0.3 is 0 Å². The van der Waals surface area contributed by atoms with Gasteiger partial charge in [-0.05, 0) is 49.9 Å². The van der Waals surface area contributed by atoms with Crippen LogP contribution in [0.25, 0.3) is 0 Å². The van der Waals surface area contributed by atoms with Gasteiger partial charge in [-0.25, -0.2) is 4.39 Å². The van der Waals surface area contributed by atoms with E-state index >= 15 is 0 Å². The van der Waals surface area contributed by atoms with Gasteiger partial charge in [-0.2, -0.15) is 0 Å². The van der Waals surface area contributed by atoms with Crippen LogP contribution >= 0.6 is 0 Å². The van der Waals surface area contributed by atoms with Crippen molar-refractivity contribution in [2.24, 2.45) is 5.92 Å². The van der Waals surface area contributed by atoms with Gasteiger partial charge in [0.15, 0.2) is 0 Å². The Morgan fingerprint density at radius 1 is 0.875 bits per heavy atom. The van der Waals surface area contributed by atoms with Crippen LogP contribution in [0.4, 0.5) is 4.39 Å². The van der Waals surface area contributed by atoms with E-state index in [1.807, 2.05) is 9.80 Å². The number of carbonyl (C=O) groups excluding carboxylic acids is 3. The Hall–Kier alpha value is -2.48. The van der Waals surface area contributed by atoms with Crippen molar-refractivity contribution in [3.8, 4) is 0 Å². The molecule has 4 fully saturated rings. The molecule has 3 aliphatic heterocycles. The fraction of sp³-hybridized carbons (Fsp3) is 0.625. The van der Waals surface area contributed by atoms with E-state index in [0.717, 1.165) is 32.1 Å². The smallest absolute Gasteiger partial charge is 0.256 e. The van der Waals surface area contributed by atoms with Crippen molar-refractivity contribution in [1.29, 1.82) is 0 Å². The molecule has 3 saturated heterocycles. The molecule has 0 bridgehead atoms. The summed E-state index contributed by atoms with van der Waals surface area (Å²) in [6, 6.07) is 4.73. The van der Waals surface area contributed by atoms with Crippen LogP contribution in [0.15, 0.2) is 24.3 Å². The van der Waals surface area contributed by atoms with Crippen molar-refractivity contribution in [3.05, 3.63) is 35.6 Å². The van der Waals surface area contributed by atoms with Gasteiger partial charge in [0.1, 0.15) is 17.6 Å². The molecule has 4 aliphatic rings. The van der Waals surface area contributed by atoms with Crippen LogP contribution in [0.3, 0.4) is 0 Å². The SMILES string of the molecule is O=C(C1CCC1)N1CCC2(CC1)OCC(C(=O)N1CCCC1)N2C(=O)c1ccc(F)cc1. The third-order valence-corrected chi connectivity index (χ3v) is 7.58. The van der Waals surface area contributed by atoms with E-state index in [4.69, 9.17) is 4.74 Å². The quantitative estimate of drug-likeness (QED) is 0.720. The van der Waals surface area contributed by atoms with Crippen molar-refractivity contribution in [1.82, 2.24) is 14.7 Å². The van der Waals surface area contributed by atoms with Crippen molar-refractivity contribution in [2.75, 3.05) is 32.8 Å². The molecule has 3 heterocycles. The molecular formula is C24H30FN3O4. The molecule has 8 heteroatoms. The number of rotatable bonds is 3. The topological polar surface area (TPSA) is 70.2 Å². The number of amides is 3. The van der Waals surface area contributed by atoms with E-state index in [0.29, 0.717) is 44.6 Å². The number of hydrogen-bond acceptors (Lipinski definition) is 4. The van der Waals surface area contributed by atoms with E-state index in [-0.39, 0.29) is 30.2 Å². The van der Waals surface area contributed by atoms with Crippen LogP contribution in [0.5, 0.6) is 0 Å². The molecule has 0 N–H and O–H groups in total. The Kier molecular flexibility index (Phi) is 5.65. The number of piperidine rings is 1.